The number of carbonyl (C=O) groups is 1. The fraction of sp³-hybridized carbons (Fsp3) is 0.478. The minimum atomic E-state index is -0.243. The van der Waals surface area contributed by atoms with E-state index in [1.807, 2.05) is 6.07 Å². The molecule has 4 rings (SSSR count). The van der Waals surface area contributed by atoms with Crippen molar-refractivity contribution in [2.75, 3.05) is 26.2 Å². The van der Waals surface area contributed by atoms with E-state index >= 15 is 0 Å². The van der Waals surface area contributed by atoms with Gasteiger partial charge >= 0.3 is 0 Å². The molecule has 148 valence electrons. The highest BCUT2D eigenvalue weighted by Crippen LogP contribution is 2.26. The van der Waals surface area contributed by atoms with Gasteiger partial charge in [-0.25, -0.2) is 0 Å². The third-order valence-electron chi connectivity index (χ3n) is 6.24. The van der Waals surface area contributed by atoms with Gasteiger partial charge in [0.05, 0.1) is 0 Å². The first kappa shape index (κ1) is 18.9. The third-order valence-corrected chi connectivity index (χ3v) is 6.24. The molecule has 1 aromatic carbocycles. The predicted molar refractivity (Wildman–Crippen MR) is 111 cm³/mol. The topological polar surface area (TPSA) is 54.3 Å². The summed E-state index contributed by atoms with van der Waals surface area (Å²) in [4.78, 5) is 27.6. The molecule has 1 aliphatic heterocycles. The molecule has 1 aliphatic carbocycles. The van der Waals surface area contributed by atoms with Crippen LogP contribution in [0.4, 0.5) is 0 Å². The fourth-order valence-corrected chi connectivity index (χ4v) is 4.61. The Hall–Kier alpha value is -2.40. The Morgan fingerprint density at radius 2 is 1.96 bits per heavy atom. The Kier molecular flexibility index (Phi) is 5.62. The van der Waals surface area contributed by atoms with Gasteiger partial charge in [-0.1, -0.05) is 30.3 Å². The molecule has 1 N–H and O–H groups in total. The number of pyridine rings is 1. The average Bonchev–Trinajstić information content (AvgIpc) is 3.20. The van der Waals surface area contributed by atoms with Gasteiger partial charge in [0.1, 0.15) is 5.56 Å². The molecule has 0 saturated carbocycles. The molecule has 0 bridgehead atoms. The molecule has 1 saturated heterocycles. The zero-order chi connectivity index (χ0) is 19.5. The molecule has 1 atom stereocenters. The summed E-state index contributed by atoms with van der Waals surface area (Å²) < 4.78 is 1.67. The quantitative estimate of drug-likeness (QED) is 0.868. The number of nitrogens with zero attached hydrogens (tertiary/aromatic N) is 2. The maximum Gasteiger partial charge on any atom is 0.263 e. The smallest absolute Gasteiger partial charge is 0.263 e. The zero-order valence-corrected chi connectivity index (χ0v) is 16.6. The number of hydrogen-bond donors (Lipinski definition) is 1. The van der Waals surface area contributed by atoms with Gasteiger partial charge in [0.2, 0.25) is 0 Å². The first-order valence-corrected chi connectivity index (χ1v) is 10.4. The van der Waals surface area contributed by atoms with Crippen LogP contribution in [0.1, 0.15) is 52.4 Å². The third kappa shape index (κ3) is 3.90. The van der Waals surface area contributed by atoms with Crippen LogP contribution in [0.15, 0.2) is 41.2 Å². The van der Waals surface area contributed by atoms with Gasteiger partial charge in [-0.3, -0.25) is 9.59 Å². The molecule has 2 heterocycles. The van der Waals surface area contributed by atoms with E-state index in [2.05, 4.69) is 40.5 Å². The number of nitrogens with one attached hydrogen (secondary N) is 1. The molecule has 1 amide bonds. The number of rotatable bonds is 5. The average molecular weight is 380 g/mol. The molecule has 1 fully saturated rings. The number of aromatic nitrogens is 1. The highest BCUT2D eigenvalue weighted by Gasteiger charge is 2.24. The molecule has 0 radical (unpaired) electrons. The van der Waals surface area contributed by atoms with Crippen molar-refractivity contribution in [2.45, 2.75) is 38.0 Å². The second kappa shape index (κ2) is 8.31. The first-order valence-electron chi connectivity index (χ1n) is 10.4. The van der Waals surface area contributed by atoms with Crippen LogP contribution in [0.3, 0.4) is 0 Å². The molecule has 5 heteroatoms. The van der Waals surface area contributed by atoms with Gasteiger partial charge in [-0.05, 0) is 61.8 Å². The molecule has 28 heavy (non-hydrogen) atoms. The number of aryl methyl sites for hydroxylation is 1. The van der Waals surface area contributed by atoms with E-state index in [1.54, 1.807) is 11.6 Å². The number of hydrogen-bond acceptors (Lipinski definition) is 3. The van der Waals surface area contributed by atoms with Crippen LogP contribution in [0.2, 0.25) is 0 Å². The lowest BCUT2D eigenvalue weighted by atomic mass is 9.94. The van der Waals surface area contributed by atoms with Crippen molar-refractivity contribution in [3.63, 3.8) is 0 Å². The van der Waals surface area contributed by atoms with E-state index in [0.29, 0.717) is 12.5 Å². The lowest BCUT2D eigenvalue weighted by Crippen LogP contribution is -2.38. The van der Waals surface area contributed by atoms with Crippen molar-refractivity contribution < 1.29 is 4.79 Å². The van der Waals surface area contributed by atoms with Crippen LogP contribution >= 0.6 is 0 Å². The molecule has 0 spiro atoms. The molecule has 1 aromatic heterocycles. The predicted octanol–water partition coefficient (Wildman–Crippen LogP) is 2.48. The van der Waals surface area contributed by atoms with Gasteiger partial charge in [0.25, 0.3) is 11.5 Å². The molecular formula is C23H29N3O2. The van der Waals surface area contributed by atoms with E-state index < -0.39 is 0 Å². The standard InChI is InChI=1S/C23H29N3O2/c1-25-21-10-6-5-9-18(21)15-20(23(25)28)22(27)24-12-14-26-13-11-19(16-26)17-7-3-2-4-8-17/h2-4,7-8,15,19H,5-6,9-14,16H2,1H3,(H,24,27). The largest absolute Gasteiger partial charge is 0.351 e. The summed E-state index contributed by atoms with van der Waals surface area (Å²) in [5.74, 6) is 0.331. The van der Waals surface area contributed by atoms with Crippen LogP contribution < -0.4 is 10.9 Å². The second-order valence-electron chi connectivity index (χ2n) is 8.05. The molecule has 5 nitrogen and oxygen atoms in total. The van der Waals surface area contributed by atoms with Gasteiger partial charge in [0, 0.05) is 32.4 Å². The van der Waals surface area contributed by atoms with Crippen LogP contribution in [0.25, 0.3) is 0 Å². The van der Waals surface area contributed by atoms with Gasteiger partial charge < -0.3 is 14.8 Å². The maximum atomic E-state index is 12.6. The second-order valence-corrected chi connectivity index (χ2v) is 8.05. The Balaban J connectivity index is 1.33. The molecule has 2 aromatic rings. The Morgan fingerprint density at radius 3 is 2.79 bits per heavy atom. The summed E-state index contributed by atoms with van der Waals surface area (Å²) in [6.45, 7) is 3.47. The fourth-order valence-electron chi connectivity index (χ4n) is 4.61. The number of likely N-dealkylation sites (tertiary alicyclic amines) is 1. The summed E-state index contributed by atoms with van der Waals surface area (Å²) in [7, 11) is 1.79. The van der Waals surface area contributed by atoms with Crippen molar-refractivity contribution in [1.82, 2.24) is 14.8 Å². The number of amides is 1. The summed E-state index contributed by atoms with van der Waals surface area (Å²) in [6.07, 6.45) is 5.29. The lowest BCUT2D eigenvalue weighted by Gasteiger charge is -2.20. The first-order chi connectivity index (χ1) is 13.6. The monoisotopic (exact) mass is 379 g/mol. The number of carbonyl (C=O) groups excluding carboxylic acids is 1. The van der Waals surface area contributed by atoms with E-state index in [4.69, 9.17) is 0 Å². The lowest BCUT2D eigenvalue weighted by molar-refractivity contribution is 0.0947. The maximum absolute atomic E-state index is 12.6. The normalized spacial score (nSPS) is 19.4. The highest BCUT2D eigenvalue weighted by atomic mass is 16.2. The summed E-state index contributed by atoms with van der Waals surface area (Å²) in [6, 6.07) is 12.5. The Morgan fingerprint density at radius 1 is 1.18 bits per heavy atom. The van der Waals surface area contributed by atoms with Crippen molar-refractivity contribution in [2.24, 2.45) is 7.05 Å². The summed E-state index contributed by atoms with van der Waals surface area (Å²) in [5.41, 5.74) is 3.75. The van der Waals surface area contributed by atoms with Crippen molar-refractivity contribution in [1.29, 1.82) is 0 Å². The van der Waals surface area contributed by atoms with Crippen LogP contribution in [-0.4, -0.2) is 41.6 Å². The van der Waals surface area contributed by atoms with E-state index in [1.165, 1.54) is 5.56 Å². The SMILES string of the molecule is Cn1c2c(cc(C(=O)NCCN3CCC(c4ccccc4)C3)c1=O)CCCC2. The van der Waals surface area contributed by atoms with Gasteiger partial charge in [0.15, 0.2) is 0 Å². The molecule has 2 aliphatic rings. The minimum Gasteiger partial charge on any atom is -0.351 e. The van der Waals surface area contributed by atoms with Crippen molar-refractivity contribution in [3.8, 4) is 0 Å². The zero-order valence-electron chi connectivity index (χ0n) is 16.6. The van der Waals surface area contributed by atoms with E-state index in [-0.39, 0.29) is 17.0 Å². The van der Waals surface area contributed by atoms with Crippen LogP contribution in [0.5, 0.6) is 0 Å². The highest BCUT2D eigenvalue weighted by molar-refractivity contribution is 5.94. The van der Waals surface area contributed by atoms with Crippen LogP contribution in [-0.2, 0) is 19.9 Å². The Labute approximate surface area is 166 Å². The van der Waals surface area contributed by atoms with Gasteiger partial charge in [-0.15, -0.1) is 0 Å². The summed E-state index contributed by atoms with van der Waals surface area (Å²) in [5, 5.41) is 2.96. The number of benzene rings is 1. The molecular weight excluding hydrogens is 350 g/mol. The van der Waals surface area contributed by atoms with E-state index in [0.717, 1.165) is 63.0 Å². The van der Waals surface area contributed by atoms with E-state index in [9.17, 15) is 9.59 Å². The van der Waals surface area contributed by atoms with Crippen molar-refractivity contribution in [3.05, 3.63) is 69.1 Å². The number of fused-ring (bicyclic) bond motifs is 1. The summed E-state index contributed by atoms with van der Waals surface area (Å²) >= 11 is 0. The molecule has 1 unspecified atom stereocenters. The van der Waals surface area contributed by atoms with Crippen molar-refractivity contribution >= 4 is 5.91 Å². The minimum absolute atomic E-state index is 0.177. The van der Waals surface area contributed by atoms with Crippen LogP contribution in [0, 0.1) is 0 Å². The Bertz CT molecular complexity index is 904. The van der Waals surface area contributed by atoms with Gasteiger partial charge in [-0.2, -0.15) is 0 Å².